The van der Waals surface area contributed by atoms with Crippen molar-refractivity contribution in [1.29, 1.82) is 0 Å². The van der Waals surface area contributed by atoms with E-state index in [1.165, 1.54) is 6.33 Å². The number of hydrogen-bond acceptors (Lipinski definition) is 4. The highest BCUT2D eigenvalue weighted by Gasteiger charge is 2.12. The molecular formula is C10H11N3O. The van der Waals surface area contributed by atoms with Crippen LogP contribution in [0.2, 0.25) is 0 Å². The second-order valence-corrected chi connectivity index (χ2v) is 3.17. The number of nitrogen functional groups attached to an aromatic ring is 1. The van der Waals surface area contributed by atoms with E-state index in [2.05, 4.69) is 10.1 Å². The van der Waals surface area contributed by atoms with Gasteiger partial charge in [0, 0.05) is 5.69 Å². The summed E-state index contributed by atoms with van der Waals surface area (Å²) in [5.41, 5.74) is 7.46. The van der Waals surface area contributed by atoms with E-state index in [9.17, 15) is 0 Å². The summed E-state index contributed by atoms with van der Waals surface area (Å²) in [7, 11) is 0. The molecule has 0 radical (unpaired) electrons. The van der Waals surface area contributed by atoms with E-state index < -0.39 is 0 Å². The van der Waals surface area contributed by atoms with Crippen molar-refractivity contribution < 1.29 is 4.52 Å². The van der Waals surface area contributed by atoms with E-state index in [4.69, 9.17) is 10.3 Å². The Labute approximate surface area is 81.7 Å². The Hall–Kier alpha value is -1.84. The minimum Gasteiger partial charge on any atom is -0.399 e. The lowest BCUT2D eigenvalue weighted by atomic mass is 10.0. The summed E-state index contributed by atoms with van der Waals surface area (Å²) in [5.74, 6) is 0.730. The highest BCUT2D eigenvalue weighted by molar-refractivity contribution is 5.40. The maximum absolute atomic E-state index is 5.59. The number of anilines is 1. The molecule has 0 bridgehead atoms. The number of aromatic nitrogens is 2. The van der Waals surface area contributed by atoms with Gasteiger partial charge in [-0.2, -0.15) is 4.98 Å². The van der Waals surface area contributed by atoms with Crippen LogP contribution in [0.4, 0.5) is 5.69 Å². The molecule has 14 heavy (non-hydrogen) atoms. The van der Waals surface area contributed by atoms with Crippen molar-refractivity contribution in [1.82, 2.24) is 10.1 Å². The molecule has 0 aliphatic rings. The smallest absolute Gasteiger partial charge is 0.233 e. The van der Waals surface area contributed by atoms with Crippen LogP contribution in [-0.4, -0.2) is 10.1 Å². The summed E-state index contributed by atoms with van der Waals surface area (Å²) in [6, 6.07) is 7.65. The van der Waals surface area contributed by atoms with Crippen LogP contribution in [0.25, 0.3) is 0 Å². The standard InChI is InChI=1S/C10H11N3O/c1-7(10-12-6-13-14-10)8-2-4-9(11)5-3-8/h2-7H,11H2,1H3. The van der Waals surface area contributed by atoms with Gasteiger partial charge in [-0.15, -0.1) is 0 Å². The summed E-state index contributed by atoms with van der Waals surface area (Å²) in [5, 5.41) is 3.58. The van der Waals surface area contributed by atoms with Crippen LogP contribution < -0.4 is 5.73 Å². The maximum atomic E-state index is 5.59. The predicted octanol–water partition coefficient (Wildman–Crippen LogP) is 1.80. The summed E-state index contributed by atoms with van der Waals surface area (Å²) < 4.78 is 4.99. The maximum Gasteiger partial charge on any atom is 0.233 e. The lowest BCUT2D eigenvalue weighted by Crippen LogP contribution is -1.96. The van der Waals surface area contributed by atoms with Crippen LogP contribution in [-0.2, 0) is 0 Å². The van der Waals surface area contributed by atoms with E-state index >= 15 is 0 Å². The van der Waals surface area contributed by atoms with Gasteiger partial charge in [0.05, 0.1) is 5.92 Å². The normalized spacial score (nSPS) is 12.6. The number of benzene rings is 1. The van der Waals surface area contributed by atoms with Crippen molar-refractivity contribution in [2.45, 2.75) is 12.8 Å². The molecule has 2 N–H and O–H groups in total. The molecule has 0 aliphatic heterocycles. The first-order valence-electron chi connectivity index (χ1n) is 4.39. The monoisotopic (exact) mass is 189 g/mol. The lowest BCUT2D eigenvalue weighted by molar-refractivity contribution is 0.369. The quantitative estimate of drug-likeness (QED) is 0.731. The van der Waals surface area contributed by atoms with Gasteiger partial charge >= 0.3 is 0 Å². The highest BCUT2D eigenvalue weighted by atomic mass is 16.5. The molecule has 0 saturated carbocycles. The van der Waals surface area contributed by atoms with Crippen molar-refractivity contribution in [3.8, 4) is 0 Å². The second-order valence-electron chi connectivity index (χ2n) is 3.17. The molecule has 0 saturated heterocycles. The number of nitrogens with zero attached hydrogens (tertiary/aromatic N) is 2. The Kier molecular flexibility index (Phi) is 2.18. The second kappa shape index (κ2) is 3.49. The first kappa shape index (κ1) is 8.74. The van der Waals surface area contributed by atoms with Crippen LogP contribution in [0.5, 0.6) is 0 Å². The number of hydrogen-bond donors (Lipinski definition) is 1. The van der Waals surface area contributed by atoms with Gasteiger partial charge in [-0.05, 0) is 24.6 Å². The fourth-order valence-electron chi connectivity index (χ4n) is 1.30. The van der Waals surface area contributed by atoms with Gasteiger partial charge in [0.25, 0.3) is 0 Å². The van der Waals surface area contributed by atoms with E-state index in [0.29, 0.717) is 5.89 Å². The van der Waals surface area contributed by atoms with Crippen LogP contribution >= 0.6 is 0 Å². The third-order valence-electron chi connectivity index (χ3n) is 2.19. The topological polar surface area (TPSA) is 64.9 Å². The van der Waals surface area contributed by atoms with E-state index in [0.717, 1.165) is 11.3 Å². The van der Waals surface area contributed by atoms with Gasteiger partial charge < -0.3 is 10.3 Å². The molecule has 72 valence electrons. The third kappa shape index (κ3) is 1.59. The molecule has 0 aliphatic carbocycles. The van der Waals surface area contributed by atoms with Gasteiger partial charge in [-0.1, -0.05) is 17.3 Å². The molecule has 0 spiro atoms. The molecule has 1 aromatic heterocycles. The summed E-state index contributed by atoms with van der Waals surface area (Å²) in [6.45, 7) is 2.01. The van der Waals surface area contributed by atoms with Crippen molar-refractivity contribution in [3.63, 3.8) is 0 Å². The minimum atomic E-state index is 0.109. The van der Waals surface area contributed by atoms with Gasteiger partial charge in [0.2, 0.25) is 5.89 Å². The molecular weight excluding hydrogens is 178 g/mol. The van der Waals surface area contributed by atoms with E-state index in [1.807, 2.05) is 31.2 Å². The molecule has 4 heteroatoms. The molecule has 0 amide bonds. The SMILES string of the molecule is CC(c1ccc(N)cc1)c1ncno1. The number of nitrogens with two attached hydrogens (primary N) is 1. The van der Waals surface area contributed by atoms with Crippen LogP contribution in [0.1, 0.15) is 24.3 Å². The Balaban J connectivity index is 2.28. The van der Waals surface area contributed by atoms with Crippen molar-refractivity contribution in [2.24, 2.45) is 0 Å². The van der Waals surface area contributed by atoms with Crippen LogP contribution in [0.3, 0.4) is 0 Å². The fraction of sp³-hybridized carbons (Fsp3) is 0.200. The van der Waals surface area contributed by atoms with E-state index in [-0.39, 0.29) is 5.92 Å². The zero-order valence-corrected chi connectivity index (χ0v) is 7.84. The lowest BCUT2D eigenvalue weighted by Gasteiger charge is -2.06. The molecule has 1 aromatic carbocycles. The summed E-state index contributed by atoms with van der Waals surface area (Å²) in [6.07, 6.45) is 1.41. The predicted molar refractivity (Wildman–Crippen MR) is 52.7 cm³/mol. The Morgan fingerprint density at radius 1 is 1.29 bits per heavy atom. The van der Waals surface area contributed by atoms with Gasteiger partial charge in [0.15, 0.2) is 6.33 Å². The largest absolute Gasteiger partial charge is 0.399 e. The van der Waals surface area contributed by atoms with Crippen molar-refractivity contribution in [3.05, 3.63) is 42.0 Å². The average Bonchev–Trinajstić information content (AvgIpc) is 2.71. The van der Waals surface area contributed by atoms with Gasteiger partial charge in [-0.25, -0.2) is 0 Å². The Morgan fingerprint density at radius 3 is 2.57 bits per heavy atom. The first-order chi connectivity index (χ1) is 6.77. The molecule has 2 aromatic rings. The fourth-order valence-corrected chi connectivity index (χ4v) is 1.30. The molecule has 2 rings (SSSR count). The molecule has 1 heterocycles. The minimum absolute atomic E-state index is 0.109. The Morgan fingerprint density at radius 2 is 2.00 bits per heavy atom. The average molecular weight is 189 g/mol. The number of rotatable bonds is 2. The van der Waals surface area contributed by atoms with Crippen molar-refractivity contribution >= 4 is 5.69 Å². The van der Waals surface area contributed by atoms with Gasteiger partial charge in [-0.3, -0.25) is 0 Å². The summed E-state index contributed by atoms with van der Waals surface area (Å²) in [4.78, 5) is 4.01. The molecule has 1 unspecified atom stereocenters. The first-order valence-corrected chi connectivity index (χ1v) is 4.39. The highest BCUT2D eigenvalue weighted by Crippen LogP contribution is 2.22. The van der Waals surface area contributed by atoms with Crippen molar-refractivity contribution in [2.75, 3.05) is 5.73 Å². The molecule has 4 nitrogen and oxygen atoms in total. The zero-order chi connectivity index (χ0) is 9.97. The van der Waals surface area contributed by atoms with E-state index in [1.54, 1.807) is 0 Å². The third-order valence-corrected chi connectivity index (χ3v) is 2.19. The van der Waals surface area contributed by atoms with Gasteiger partial charge in [0.1, 0.15) is 0 Å². The van der Waals surface area contributed by atoms with Crippen LogP contribution in [0.15, 0.2) is 35.1 Å². The zero-order valence-electron chi connectivity index (χ0n) is 7.84. The molecule has 1 atom stereocenters. The van der Waals surface area contributed by atoms with Crippen LogP contribution in [0, 0.1) is 0 Å². The Bertz CT molecular complexity index is 394. The summed E-state index contributed by atoms with van der Waals surface area (Å²) >= 11 is 0. The molecule has 0 fully saturated rings.